The fourth-order valence-electron chi connectivity index (χ4n) is 3.14. The molecule has 2 aromatic rings. The summed E-state index contributed by atoms with van der Waals surface area (Å²) in [6.45, 7) is 6.37. The first-order chi connectivity index (χ1) is 15.7. The summed E-state index contributed by atoms with van der Waals surface area (Å²) < 4.78 is 17.5. The second-order valence-corrected chi connectivity index (χ2v) is 8.66. The lowest BCUT2D eigenvalue weighted by atomic mass is 10.1. The molecule has 0 atom stereocenters. The Hall–Kier alpha value is -3.08. The van der Waals surface area contributed by atoms with Crippen molar-refractivity contribution in [1.29, 1.82) is 0 Å². The van der Waals surface area contributed by atoms with E-state index in [1.807, 2.05) is 20.8 Å². The Morgan fingerprint density at radius 1 is 1.12 bits per heavy atom. The van der Waals surface area contributed by atoms with Crippen LogP contribution in [-0.2, 0) is 9.59 Å². The number of urea groups is 1. The predicted molar refractivity (Wildman–Crippen MR) is 133 cm³/mol. The number of barbiturate groups is 1. The molecule has 1 N–H and O–H groups in total. The Balaban J connectivity index is 1.94. The van der Waals surface area contributed by atoms with E-state index >= 15 is 0 Å². The number of methoxy groups -OCH3 is 1. The number of nitrogens with one attached hydrogen (secondary N) is 1. The Morgan fingerprint density at radius 2 is 1.82 bits per heavy atom. The predicted octanol–water partition coefficient (Wildman–Crippen LogP) is 4.54. The lowest BCUT2D eigenvalue weighted by Crippen LogP contribution is -2.54. The third kappa shape index (κ3) is 5.65. The van der Waals surface area contributed by atoms with Crippen LogP contribution >= 0.6 is 22.6 Å². The highest BCUT2D eigenvalue weighted by Crippen LogP contribution is 2.35. The fourth-order valence-corrected chi connectivity index (χ4v) is 3.90. The summed E-state index contributed by atoms with van der Waals surface area (Å²) in [5.41, 5.74) is 0.715. The van der Waals surface area contributed by atoms with Crippen LogP contribution in [0.3, 0.4) is 0 Å². The summed E-state index contributed by atoms with van der Waals surface area (Å²) in [5.74, 6) is 0.198. The van der Waals surface area contributed by atoms with Crippen LogP contribution < -0.4 is 24.4 Å². The highest BCUT2D eigenvalue weighted by molar-refractivity contribution is 14.1. The number of benzene rings is 2. The van der Waals surface area contributed by atoms with E-state index in [0.29, 0.717) is 35.1 Å². The third-order valence-corrected chi connectivity index (χ3v) is 5.39. The highest BCUT2D eigenvalue weighted by Gasteiger charge is 2.37. The summed E-state index contributed by atoms with van der Waals surface area (Å²) >= 11 is 2.11. The van der Waals surface area contributed by atoms with Crippen LogP contribution in [-0.4, -0.2) is 37.7 Å². The van der Waals surface area contributed by atoms with Crippen molar-refractivity contribution in [2.75, 3.05) is 18.6 Å². The van der Waals surface area contributed by atoms with E-state index in [9.17, 15) is 14.4 Å². The van der Waals surface area contributed by atoms with Gasteiger partial charge < -0.3 is 14.2 Å². The van der Waals surface area contributed by atoms with Crippen LogP contribution in [0.5, 0.6) is 17.2 Å². The van der Waals surface area contributed by atoms with Gasteiger partial charge in [0.05, 0.1) is 29.1 Å². The molecule has 0 bridgehead atoms. The summed E-state index contributed by atoms with van der Waals surface area (Å²) in [7, 11) is 1.52. The van der Waals surface area contributed by atoms with Crippen molar-refractivity contribution in [2.24, 2.45) is 0 Å². The number of anilines is 1. The molecule has 3 rings (SSSR count). The van der Waals surface area contributed by atoms with Crippen molar-refractivity contribution in [3.05, 3.63) is 51.1 Å². The smallest absolute Gasteiger partial charge is 0.335 e. The van der Waals surface area contributed by atoms with Crippen molar-refractivity contribution in [1.82, 2.24) is 5.32 Å². The molecule has 2 aromatic carbocycles. The van der Waals surface area contributed by atoms with Gasteiger partial charge in [-0.1, -0.05) is 6.92 Å². The molecule has 0 unspecified atom stereocenters. The molecule has 4 amide bonds. The van der Waals surface area contributed by atoms with Gasteiger partial charge in [0.15, 0.2) is 11.5 Å². The number of carbonyl (C=O) groups excluding carboxylic acids is 3. The van der Waals surface area contributed by atoms with Gasteiger partial charge in [-0.05, 0) is 90.9 Å². The average Bonchev–Trinajstić information content (AvgIpc) is 2.77. The topological polar surface area (TPSA) is 94.2 Å². The maximum atomic E-state index is 13.1. The first-order valence-electron chi connectivity index (χ1n) is 10.4. The number of nitrogens with zero attached hydrogens (tertiary/aromatic N) is 1. The zero-order chi connectivity index (χ0) is 24.1. The standard InChI is InChI=1S/C24H25IN2O6/c1-5-10-32-17-8-6-16(7-9-17)27-23(29)18(22(28)26-24(27)30)11-15-12-19(25)21(33-14(2)3)20(13-15)31-4/h6-9,11-14H,5,10H2,1-4H3,(H,26,28,30)/b18-11-. The zero-order valence-corrected chi connectivity index (χ0v) is 21.0. The van der Waals surface area contributed by atoms with Crippen molar-refractivity contribution in [3.8, 4) is 17.2 Å². The minimum Gasteiger partial charge on any atom is -0.494 e. The molecule has 0 aromatic heterocycles. The van der Waals surface area contributed by atoms with E-state index in [2.05, 4.69) is 27.9 Å². The minimum atomic E-state index is -0.808. The van der Waals surface area contributed by atoms with E-state index in [4.69, 9.17) is 14.2 Å². The molecule has 0 saturated carbocycles. The van der Waals surface area contributed by atoms with Crippen LogP contribution in [0.4, 0.5) is 10.5 Å². The first kappa shape index (κ1) is 24.6. The van der Waals surface area contributed by atoms with Crippen LogP contribution in [0, 0.1) is 3.57 Å². The van der Waals surface area contributed by atoms with Gasteiger partial charge >= 0.3 is 6.03 Å². The van der Waals surface area contributed by atoms with Gasteiger partial charge in [0.1, 0.15) is 11.3 Å². The average molecular weight is 564 g/mol. The molecule has 0 aliphatic carbocycles. The van der Waals surface area contributed by atoms with Crippen LogP contribution in [0.2, 0.25) is 0 Å². The van der Waals surface area contributed by atoms with Gasteiger partial charge in [-0.25, -0.2) is 9.69 Å². The van der Waals surface area contributed by atoms with E-state index in [0.717, 1.165) is 14.9 Å². The minimum absolute atomic E-state index is 0.0550. The van der Waals surface area contributed by atoms with E-state index < -0.39 is 17.8 Å². The monoisotopic (exact) mass is 564 g/mol. The van der Waals surface area contributed by atoms with Crippen molar-refractivity contribution < 1.29 is 28.6 Å². The molecule has 9 heteroatoms. The molecule has 0 spiro atoms. The van der Waals surface area contributed by atoms with Crippen LogP contribution in [0.1, 0.15) is 32.8 Å². The number of halogens is 1. The molecule has 1 aliphatic rings. The Kier molecular flexibility index (Phi) is 7.96. The molecular weight excluding hydrogens is 539 g/mol. The van der Waals surface area contributed by atoms with Crippen LogP contribution in [0.25, 0.3) is 6.08 Å². The molecule has 174 valence electrons. The molecule has 1 saturated heterocycles. The molecule has 8 nitrogen and oxygen atoms in total. The number of carbonyl (C=O) groups is 3. The maximum Gasteiger partial charge on any atom is 0.335 e. The summed E-state index contributed by atoms with van der Waals surface area (Å²) in [5, 5.41) is 2.23. The van der Waals surface area contributed by atoms with Crippen LogP contribution in [0.15, 0.2) is 42.0 Å². The second-order valence-electron chi connectivity index (χ2n) is 7.50. The number of amides is 4. The van der Waals surface area contributed by atoms with Gasteiger partial charge in [-0.3, -0.25) is 14.9 Å². The van der Waals surface area contributed by atoms with E-state index in [1.54, 1.807) is 36.4 Å². The van der Waals surface area contributed by atoms with E-state index in [-0.39, 0.29) is 11.7 Å². The fraction of sp³-hybridized carbons (Fsp3) is 0.292. The van der Waals surface area contributed by atoms with Gasteiger partial charge in [-0.2, -0.15) is 0 Å². The number of ether oxygens (including phenoxy) is 3. The summed E-state index contributed by atoms with van der Waals surface area (Å²) in [6, 6.07) is 9.18. The largest absolute Gasteiger partial charge is 0.494 e. The number of rotatable bonds is 8. The lowest BCUT2D eigenvalue weighted by molar-refractivity contribution is -0.122. The summed E-state index contributed by atoms with van der Waals surface area (Å²) in [6.07, 6.45) is 2.24. The van der Waals surface area contributed by atoms with Crippen molar-refractivity contribution in [3.63, 3.8) is 0 Å². The van der Waals surface area contributed by atoms with Crippen molar-refractivity contribution in [2.45, 2.75) is 33.3 Å². The SMILES string of the molecule is CCCOc1ccc(N2C(=O)NC(=O)/C(=C/c3cc(I)c(OC(C)C)c(OC)c3)C2=O)cc1. The molecule has 0 radical (unpaired) electrons. The summed E-state index contributed by atoms with van der Waals surface area (Å²) in [4.78, 5) is 39.0. The Labute approximate surface area is 206 Å². The highest BCUT2D eigenvalue weighted by atomic mass is 127. The molecule has 1 fully saturated rings. The Morgan fingerprint density at radius 3 is 2.42 bits per heavy atom. The maximum absolute atomic E-state index is 13.1. The Bertz CT molecular complexity index is 1090. The number of hydrogen-bond acceptors (Lipinski definition) is 6. The quantitative estimate of drug-likeness (QED) is 0.288. The molecule has 1 aliphatic heterocycles. The van der Waals surface area contributed by atoms with E-state index in [1.165, 1.54) is 13.2 Å². The molecule has 1 heterocycles. The lowest BCUT2D eigenvalue weighted by Gasteiger charge is -2.26. The normalized spacial score (nSPS) is 15.2. The molecular formula is C24H25IN2O6. The second kappa shape index (κ2) is 10.7. The molecule has 33 heavy (non-hydrogen) atoms. The van der Waals surface area contributed by atoms with Gasteiger partial charge in [0, 0.05) is 0 Å². The van der Waals surface area contributed by atoms with Crippen molar-refractivity contribution >= 4 is 52.2 Å². The van der Waals surface area contributed by atoms with Gasteiger partial charge in [0.2, 0.25) is 0 Å². The first-order valence-corrected chi connectivity index (χ1v) is 11.5. The van der Waals surface area contributed by atoms with Gasteiger partial charge in [-0.15, -0.1) is 0 Å². The zero-order valence-electron chi connectivity index (χ0n) is 18.8. The number of imide groups is 2. The van der Waals surface area contributed by atoms with Gasteiger partial charge in [0.25, 0.3) is 11.8 Å². The third-order valence-electron chi connectivity index (χ3n) is 4.59. The number of hydrogen-bond donors (Lipinski definition) is 1.